The van der Waals surface area contributed by atoms with Gasteiger partial charge in [-0.15, -0.1) is 11.8 Å². The van der Waals surface area contributed by atoms with Crippen molar-refractivity contribution in [2.75, 3.05) is 0 Å². The van der Waals surface area contributed by atoms with E-state index in [-0.39, 0.29) is 0 Å². The predicted molar refractivity (Wildman–Crippen MR) is 77.2 cm³/mol. The largest absolute Gasteiger partial charge is 0.327 e. The maximum Gasteiger partial charge on any atom is 0.110 e. The Hall–Kier alpha value is -0.0600. The zero-order valence-electron chi connectivity index (χ0n) is 10.3. The Kier molecular flexibility index (Phi) is 4.16. The molecule has 1 aromatic rings. The molecular formula is C13H19BrN2S. The Bertz CT molecular complexity index is 395. The highest BCUT2D eigenvalue weighted by molar-refractivity contribution is 9.10. The molecule has 1 heterocycles. The molecule has 2 atom stereocenters. The minimum absolute atomic E-state index is 0.293. The maximum absolute atomic E-state index is 6.23. The van der Waals surface area contributed by atoms with Gasteiger partial charge in [0.15, 0.2) is 0 Å². The summed E-state index contributed by atoms with van der Waals surface area (Å²) < 4.78 is 1.07. The Labute approximate surface area is 116 Å². The summed E-state index contributed by atoms with van der Waals surface area (Å²) in [4.78, 5) is 4.42. The molecule has 0 aliphatic heterocycles. The molecule has 0 aromatic carbocycles. The van der Waals surface area contributed by atoms with E-state index in [9.17, 15) is 0 Å². The summed E-state index contributed by atoms with van der Waals surface area (Å²) >= 11 is 5.37. The second kappa shape index (κ2) is 5.29. The smallest absolute Gasteiger partial charge is 0.110 e. The number of hydrogen-bond acceptors (Lipinski definition) is 3. The fourth-order valence-electron chi connectivity index (χ4n) is 2.27. The maximum atomic E-state index is 6.23. The molecule has 1 aliphatic rings. The summed E-state index contributed by atoms with van der Waals surface area (Å²) in [7, 11) is 0. The molecule has 1 saturated carbocycles. The molecule has 4 heteroatoms. The van der Waals surface area contributed by atoms with Crippen LogP contribution in [0, 0.1) is 5.41 Å². The first kappa shape index (κ1) is 13.4. The summed E-state index contributed by atoms with van der Waals surface area (Å²) in [6.07, 6.45) is 5.36. The van der Waals surface area contributed by atoms with Crippen LogP contribution in [-0.2, 0) is 0 Å². The monoisotopic (exact) mass is 314 g/mol. The van der Waals surface area contributed by atoms with E-state index in [0.717, 1.165) is 15.9 Å². The van der Waals surface area contributed by atoms with Crippen LogP contribution in [0.25, 0.3) is 0 Å². The summed E-state index contributed by atoms with van der Waals surface area (Å²) in [5, 5.41) is 1.54. The molecule has 0 saturated heterocycles. The van der Waals surface area contributed by atoms with Gasteiger partial charge >= 0.3 is 0 Å². The third kappa shape index (κ3) is 3.46. The van der Waals surface area contributed by atoms with Gasteiger partial charge < -0.3 is 5.73 Å². The molecule has 0 amide bonds. The number of hydrogen-bond donors (Lipinski definition) is 1. The quantitative estimate of drug-likeness (QED) is 0.901. The molecule has 2 rings (SSSR count). The average Bonchev–Trinajstić information content (AvgIpc) is 2.26. The van der Waals surface area contributed by atoms with Crippen LogP contribution in [0.4, 0.5) is 0 Å². The van der Waals surface area contributed by atoms with Gasteiger partial charge in [-0.2, -0.15) is 0 Å². The van der Waals surface area contributed by atoms with Gasteiger partial charge in [0.05, 0.1) is 0 Å². The van der Waals surface area contributed by atoms with E-state index in [1.165, 1.54) is 12.8 Å². The summed E-state index contributed by atoms with van der Waals surface area (Å²) in [6.45, 7) is 4.67. The first-order chi connectivity index (χ1) is 7.98. The summed E-state index contributed by atoms with van der Waals surface area (Å²) in [6, 6.07) is 4.27. The predicted octanol–water partition coefficient (Wildman–Crippen LogP) is 3.84. The lowest BCUT2D eigenvalue weighted by Crippen LogP contribution is -2.41. The van der Waals surface area contributed by atoms with Gasteiger partial charge in [-0.05, 0) is 52.7 Å². The molecule has 94 valence electrons. The zero-order chi connectivity index (χ0) is 12.5. The van der Waals surface area contributed by atoms with Gasteiger partial charge in [-0.3, -0.25) is 0 Å². The molecule has 1 aromatic heterocycles. The molecule has 17 heavy (non-hydrogen) atoms. The summed E-state index contributed by atoms with van der Waals surface area (Å²) in [5.41, 5.74) is 6.65. The van der Waals surface area contributed by atoms with E-state index >= 15 is 0 Å². The van der Waals surface area contributed by atoms with Crippen LogP contribution < -0.4 is 5.73 Å². The number of aromatic nitrogens is 1. The molecule has 0 bridgehead atoms. The number of nitrogens with two attached hydrogens (primary N) is 1. The lowest BCUT2D eigenvalue weighted by molar-refractivity contribution is 0.232. The van der Waals surface area contributed by atoms with E-state index in [4.69, 9.17) is 5.73 Å². The van der Waals surface area contributed by atoms with Gasteiger partial charge in [0.1, 0.15) is 5.03 Å². The van der Waals surface area contributed by atoms with Crippen molar-refractivity contribution in [1.29, 1.82) is 0 Å². The van der Waals surface area contributed by atoms with E-state index in [2.05, 4.69) is 34.8 Å². The molecule has 2 N–H and O–H groups in total. The van der Waals surface area contributed by atoms with Gasteiger partial charge in [0.25, 0.3) is 0 Å². The van der Waals surface area contributed by atoms with Crippen molar-refractivity contribution in [1.82, 2.24) is 4.98 Å². The van der Waals surface area contributed by atoms with E-state index in [1.807, 2.05) is 30.1 Å². The highest BCUT2D eigenvalue weighted by Gasteiger charge is 2.34. The normalized spacial score (nSPS) is 28.0. The van der Waals surface area contributed by atoms with Crippen molar-refractivity contribution >= 4 is 27.7 Å². The minimum atomic E-state index is 0.293. The number of thioether (sulfide) groups is 1. The lowest BCUT2D eigenvalue weighted by atomic mass is 9.75. The van der Waals surface area contributed by atoms with Crippen molar-refractivity contribution in [2.24, 2.45) is 11.1 Å². The van der Waals surface area contributed by atoms with Crippen LogP contribution in [0.2, 0.25) is 0 Å². The van der Waals surface area contributed by atoms with E-state index in [1.54, 1.807) is 0 Å². The molecule has 0 radical (unpaired) electrons. The van der Waals surface area contributed by atoms with Gasteiger partial charge in [-0.25, -0.2) is 4.98 Å². The molecule has 0 spiro atoms. The van der Waals surface area contributed by atoms with Gasteiger partial charge in [0.2, 0.25) is 0 Å². The fraction of sp³-hybridized carbons (Fsp3) is 0.615. The van der Waals surface area contributed by atoms with E-state index in [0.29, 0.717) is 16.7 Å². The van der Waals surface area contributed by atoms with E-state index < -0.39 is 0 Å². The SMILES string of the molecule is CC1(C)CCC(N)C(Sc2ncccc2Br)C1. The van der Waals surface area contributed by atoms with Crippen LogP contribution in [0.1, 0.15) is 33.1 Å². The van der Waals surface area contributed by atoms with Crippen molar-refractivity contribution in [2.45, 2.75) is 49.4 Å². The number of rotatable bonds is 2. The van der Waals surface area contributed by atoms with Crippen LogP contribution in [0.15, 0.2) is 27.8 Å². The van der Waals surface area contributed by atoms with Crippen molar-refractivity contribution in [3.63, 3.8) is 0 Å². The lowest BCUT2D eigenvalue weighted by Gasteiger charge is -2.38. The van der Waals surface area contributed by atoms with Crippen molar-refractivity contribution in [3.8, 4) is 0 Å². The number of nitrogens with zero attached hydrogens (tertiary/aromatic N) is 1. The highest BCUT2D eigenvalue weighted by Crippen LogP contribution is 2.42. The first-order valence-corrected chi connectivity index (χ1v) is 7.68. The Morgan fingerprint density at radius 2 is 2.29 bits per heavy atom. The van der Waals surface area contributed by atoms with Crippen LogP contribution >= 0.6 is 27.7 Å². The van der Waals surface area contributed by atoms with Crippen LogP contribution in [-0.4, -0.2) is 16.3 Å². The average molecular weight is 315 g/mol. The second-order valence-electron chi connectivity index (χ2n) is 5.52. The summed E-state index contributed by atoms with van der Waals surface area (Å²) in [5.74, 6) is 0. The molecule has 2 nitrogen and oxygen atoms in total. The standard InChI is InChI=1S/C13H19BrN2S/c1-13(2)6-5-10(15)11(8-13)17-12-9(14)4-3-7-16-12/h3-4,7,10-11H,5-6,8,15H2,1-2H3. The molecule has 1 fully saturated rings. The van der Waals surface area contributed by atoms with Crippen LogP contribution in [0.3, 0.4) is 0 Å². The van der Waals surface area contributed by atoms with Gasteiger partial charge in [-0.1, -0.05) is 13.8 Å². The third-order valence-electron chi connectivity index (χ3n) is 3.37. The first-order valence-electron chi connectivity index (χ1n) is 6.01. The molecular weight excluding hydrogens is 296 g/mol. The Balaban J connectivity index is 2.10. The number of halogens is 1. The van der Waals surface area contributed by atoms with Gasteiger partial charge in [0, 0.05) is 22.0 Å². The van der Waals surface area contributed by atoms with Crippen molar-refractivity contribution < 1.29 is 0 Å². The topological polar surface area (TPSA) is 38.9 Å². The van der Waals surface area contributed by atoms with Crippen LogP contribution in [0.5, 0.6) is 0 Å². The zero-order valence-corrected chi connectivity index (χ0v) is 12.7. The molecule has 1 aliphatic carbocycles. The Morgan fingerprint density at radius 3 is 3.00 bits per heavy atom. The third-order valence-corrected chi connectivity index (χ3v) is 5.64. The Morgan fingerprint density at radius 1 is 1.53 bits per heavy atom. The second-order valence-corrected chi connectivity index (χ2v) is 7.60. The number of pyridine rings is 1. The highest BCUT2D eigenvalue weighted by atomic mass is 79.9. The minimum Gasteiger partial charge on any atom is -0.327 e. The molecule has 2 unspecified atom stereocenters. The van der Waals surface area contributed by atoms with Crippen molar-refractivity contribution in [3.05, 3.63) is 22.8 Å². The fourth-order valence-corrected chi connectivity index (χ4v) is 4.24.